The van der Waals surface area contributed by atoms with E-state index in [9.17, 15) is 0 Å². The molecule has 3 N–H and O–H groups in total. The standard InChI is InChI=1S/C8H12N2.ClH/c1-10-8-4-2-3-7(5-8)6-9;/h2-5,10H,6,9H2,1H3;1H. The minimum absolute atomic E-state index is 0. The average molecular weight is 173 g/mol. The molecule has 0 atom stereocenters. The van der Waals surface area contributed by atoms with E-state index in [-0.39, 0.29) is 12.4 Å². The zero-order chi connectivity index (χ0) is 7.40. The Hall–Kier alpha value is -0.730. The van der Waals surface area contributed by atoms with Crippen molar-refractivity contribution in [2.75, 3.05) is 12.4 Å². The van der Waals surface area contributed by atoms with Gasteiger partial charge in [-0.3, -0.25) is 0 Å². The van der Waals surface area contributed by atoms with E-state index >= 15 is 0 Å². The largest absolute Gasteiger partial charge is 0.388 e. The van der Waals surface area contributed by atoms with Crippen LogP contribution in [0.4, 0.5) is 5.69 Å². The summed E-state index contributed by atoms with van der Waals surface area (Å²) in [7, 11) is 1.90. The lowest BCUT2D eigenvalue weighted by Crippen LogP contribution is -1.96. The van der Waals surface area contributed by atoms with Crippen molar-refractivity contribution < 1.29 is 0 Å². The first-order valence-electron chi connectivity index (χ1n) is 3.33. The summed E-state index contributed by atoms with van der Waals surface area (Å²) >= 11 is 0. The van der Waals surface area contributed by atoms with Crippen molar-refractivity contribution in [3.05, 3.63) is 29.8 Å². The van der Waals surface area contributed by atoms with Gasteiger partial charge in [0.1, 0.15) is 0 Å². The number of hydrogen-bond acceptors (Lipinski definition) is 2. The topological polar surface area (TPSA) is 38.0 Å². The molecule has 2 nitrogen and oxygen atoms in total. The van der Waals surface area contributed by atoms with Crippen LogP contribution in [-0.2, 0) is 6.54 Å². The lowest BCUT2D eigenvalue weighted by molar-refractivity contribution is 1.07. The van der Waals surface area contributed by atoms with Crippen molar-refractivity contribution in [1.82, 2.24) is 0 Å². The number of nitrogens with one attached hydrogen (secondary N) is 1. The van der Waals surface area contributed by atoms with E-state index in [1.165, 1.54) is 0 Å². The SMILES string of the molecule is CNc1cccc(CN)c1.Cl. The zero-order valence-electron chi connectivity index (χ0n) is 6.50. The summed E-state index contributed by atoms with van der Waals surface area (Å²) in [6.45, 7) is 0.607. The molecule has 0 spiro atoms. The fourth-order valence-corrected chi connectivity index (χ4v) is 0.854. The molecule has 0 saturated carbocycles. The molecule has 1 aromatic carbocycles. The van der Waals surface area contributed by atoms with Gasteiger partial charge in [0, 0.05) is 19.3 Å². The Kier molecular flexibility index (Phi) is 4.66. The molecule has 0 aliphatic heterocycles. The van der Waals surface area contributed by atoms with Crippen LogP contribution < -0.4 is 11.1 Å². The number of rotatable bonds is 2. The molecule has 0 radical (unpaired) electrons. The van der Waals surface area contributed by atoms with E-state index in [1.807, 2.05) is 31.3 Å². The third kappa shape index (κ3) is 2.78. The van der Waals surface area contributed by atoms with Gasteiger partial charge in [-0.25, -0.2) is 0 Å². The predicted octanol–water partition coefficient (Wildman–Crippen LogP) is 1.61. The van der Waals surface area contributed by atoms with Gasteiger partial charge >= 0.3 is 0 Å². The van der Waals surface area contributed by atoms with Crippen LogP contribution in [0.1, 0.15) is 5.56 Å². The van der Waals surface area contributed by atoms with Crippen molar-refractivity contribution >= 4 is 18.1 Å². The van der Waals surface area contributed by atoms with Gasteiger partial charge in [0.15, 0.2) is 0 Å². The number of benzene rings is 1. The second-order valence-electron chi connectivity index (χ2n) is 2.15. The zero-order valence-corrected chi connectivity index (χ0v) is 7.32. The summed E-state index contributed by atoms with van der Waals surface area (Å²) in [6.07, 6.45) is 0. The Morgan fingerprint density at radius 3 is 2.73 bits per heavy atom. The monoisotopic (exact) mass is 172 g/mol. The molecular formula is C8H13ClN2. The van der Waals surface area contributed by atoms with Crippen LogP contribution in [-0.4, -0.2) is 7.05 Å². The third-order valence-corrected chi connectivity index (χ3v) is 1.45. The number of halogens is 1. The molecule has 0 saturated heterocycles. The Morgan fingerprint density at radius 1 is 1.45 bits per heavy atom. The molecule has 62 valence electrons. The number of nitrogens with two attached hydrogens (primary N) is 1. The fourth-order valence-electron chi connectivity index (χ4n) is 0.854. The first kappa shape index (κ1) is 10.3. The van der Waals surface area contributed by atoms with Gasteiger partial charge in [0.25, 0.3) is 0 Å². The molecular weight excluding hydrogens is 160 g/mol. The van der Waals surface area contributed by atoms with Crippen molar-refractivity contribution in [1.29, 1.82) is 0 Å². The molecule has 0 bridgehead atoms. The van der Waals surface area contributed by atoms with E-state index in [0.29, 0.717) is 6.54 Å². The van der Waals surface area contributed by atoms with Gasteiger partial charge in [-0.1, -0.05) is 12.1 Å². The number of anilines is 1. The van der Waals surface area contributed by atoms with E-state index < -0.39 is 0 Å². The molecule has 0 aliphatic rings. The first-order chi connectivity index (χ1) is 4.86. The van der Waals surface area contributed by atoms with Crippen LogP contribution in [0, 0.1) is 0 Å². The van der Waals surface area contributed by atoms with Crippen LogP contribution >= 0.6 is 12.4 Å². The Morgan fingerprint density at radius 2 is 2.18 bits per heavy atom. The molecule has 1 aromatic rings. The van der Waals surface area contributed by atoms with E-state index in [0.717, 1.165) is 11.3 Å². The maximum Gasteiger partial charge on any atom is 0.0340 e. The second kappa shape index (κ2) is 4.99. The smallest absolute Gasteiger partial charge is 0.0340 e. The van der Waals surface area contributed by atoms with Gasteiger partial charge in [-0.05, 0) is 17.7 Å². The Bertz CT molecular complexity index is 194. The highest BCUT2D eigenvalue weighted by molar-refractivity contribution is 5.85. The Labute approximate surface area is 73.2 Å². The van der Waals surface area contributed by atoms with Crippen LogP contribution in [0.3, 0.4) is 0 Å². The summed E-state index contributed by atoms with van der Waals surface area (Å²) in [4.78, 5) is 0. The van der Waals surface area contributed by atoms with Gasteiger partial charge in [-0.2, -0.15) is 0 Å². The van der Waals surface area contributed by atoms with Crippen LogP contribution in [0.5, 0.6) is 0 Å². The molecule has 0 heterocycles. The number of hydrogen-bond donors (Lipinski definition) is 2. The maximum absolute atomic E-state index is 5.45. The summed E-state index contributed by atoms with van der Waals surface area (Å²) in [5, 5.41) is 3.05. The van der Waals surface area contributed by atoms with Gasteiger partial charge in [0.2, 0.25) is 0 Å². The Balaban J connectivity index is 0.000001000. The highest BCUT2D eigenvalue weighted by Crippen LogP contribution is 2.08. The van der Waals surface area contributed by atoms with Crippen LogP contribution in [0.25, 0.3) is 0 Å². The summed E-state index contributed by atoms with van der Waals surface area (Å²) in [5.74, 6) is 0. The molecule has 1 rings (SSSR count). The second-order valence-corrected chi connectivity index (χ2v) is 2.15. The summed E-state index contributed by atoms with van der Waals surface area (Å²) < 4.78 is 0. The molecule has 0 unspecified atom stereocenters. The highest BCUT2D eigenvalue weighted by atomic mass is 35.5. The predicted molar refractivity (Wildman–Crippen MR) is 51.1 cm³/mol. The highest BCUT2D eigenvalue weighted by Gasteiger charge is 1.89. The minimum atomic E-state index is 0. The van der Waals surface area contributed by atoms with Gasteiger partial charge < -0.3 is 11.1 Å². The van der Waals surface area contributed by atoms with Crippen LogP contribution in [0.15, 0.2) is 24.3 Å². The van der Waals surface area contributed by atoms with E-state index in [2.05, 4.69) is 5.32 Å². The van der Waals surface area contributed by atoms with Gasteiger partial charge in [0.05, 0.1) is 0 Å². The molecule has 11 heavy (non-hydrogen) atoms. The summed E-state index contributed by atoms with van der Waals surface area (Å²) in [5.41, 5.74) is 7.72. The van der Waals surface area contributed by atoms with Crippen molar-refractivity contribution in [2.24, 2.45) is 5.73 Å². The lowest BCUT2D eigenvalue weighted by Gasteiger charge is -2.00. The van der Waals surface area contributed by atoms with E-state index in [1.54, 1.807) is 0 Å². The maximum atomic E-state index is 5.45. The summed E-state index contributed by atoms with van der Waals surface area (Å²) in [6, 6.07) is 8.06. The average Bonchev–Trinajstić information content (AvgIpc) is 2.05. The fraction of sp³-hybridized carbons (Fsp3) is 0.250. The van der Waals surface area contributed by atoms with Crippen molar-refractivity contribution in [3.63, 3.8) is 0 Å². The molecule has 0 fully saturated rings. The van der Waals surface area contributed by atoms with E-state index in [4.69, 9.17) is 5.73 Å². The molecule has 0 aromatic heterocycles. The van der Waals surface area contributed by atoms with Crippen molar-refractivity contribution in [2.45, 2.75) is 6.54 Å². The quantitative estimate of drug-likeness (QED) is 0.712. The van der Waals surface area contributed by atoms with Crippen molar-refractivity contribution in [3.8, 4) is 0 Å². The molecule has 3 heteroatoms. The first-order valence-corrected chi connectivity index (χ1v) is 3.33. The molecule has 0 aliphatic carbocycles. The normalized spacial score (nSPS) is 8.55. The minimum Gasteiger partial charge on any atom is -0.388 e. The van der Waals surface area contributed by atoms with Crippen LogP contribution in [0.2, 0.25) is 0 Å². The lowest BCUT2D eigenvalue weighted by atomic mass is 10.2. The molecule has 0 amide bonds. The third-order valence-electron chi connectivity index (χ3n) is 1.45. The van der Waals surface area contributed by atoms with Gasteiger partial charge in [-0.15, -0.1) is 12.4 Å².